The highest BCUT2D eigenvalue weighted by Gasteiger charge is 2.50. The topological polar surface area (TPSA) is 228 Å². The standard InChI is InChI=1S/C43H81NO13/c1-3-5-7-8-9-10-11-12-13-14-15-16-17-18-19-20-21-22-23-25-27-35(48)44-31(32(47)26-24-6-4-2)30-54-42-40(53)38(51)41(34(29-46)56-42)57-43-39(52)37(50)36(49)33(28-45)55-43/h24,26,31-34,36-43,45-47,49-53H,3-23,25,27-30H2,1-2H3,(H,44,48)/b26-24+. The molecule has 0 saturated carbocycles. The van der Waals surface area contributed by atoms with Crippen LogP contribution >= 0.6 is 0 Å². The summed E-state index contributed by atoms with van der Waals surface area (Å²) in [4.78, 5) is 12.9. The Morgan fingerprint density at radius 1 is 0.614 bits per heavy atom. The fraction of sp³-hybridized carbons (Fsp3) is 0.930. The van der Waals surface area contributed by atoms with E-state index in [1.54, 1.807) is 12.2 Å². The number of hydrogen-bond donors (Lipinski definition) is 9. The molecule has 14 heteroatoms. The highest BCUT2D eigenvalue weighted by atomic mass is 16.7. The molecule has 57 heavy (non-hydrogen) atoms. The number of aliphatic hydroxyl groups excluding tert-OH is 8. The van der Waals surface area contributed by atoms with Crippen molar-refractivity contribution in [3.8, 4) is 0 Å². The van der Waals surface area contributed by atoms with Crippen molar-refractivity contribution in [1.82, 2.24) is 5.32 Å². The number of amides is 1. The third-order valence-electron chi connectivity index (χ3n) is 11.2. The van der Waals surface area contributed by atoms with Crippen LogP contribution in [0.15, 0.2) is 12.2 Å². The van der Waals surface area contributed by atoms with Crippen molar-refractivity contribution < 1.29 is 64.6 Å². The minimum absolute atomic E-state index is 0.250. The molecular formula is C43H81NO13. The number of hydrogen-bond acceptors (Lipinski definition) is 13. The first kappa shape index (κ1) is 51.9. The normalized spacial score (nSPS) is 29.2. The summed E-state index contributed by atoms with van der Waals surface area (Å²) >= 11 is 0. The van der Waals surface area contributed by atoms with Gasteiger partial charge in [-0.2, -0.15) is 0 Å². The molecule has 12 atom stereocenters. The molecular weight excluding hydrogens is 738 g/mol. The van der Waals surface area contributed by atoms with Gasteiger partial charge >= 0.3 is 0 Å². The van der Waals surface area contributed by atoms with Crippen LogP contribution in [0.25, 0.3) is 0 Å². The lowest BCUT2D eigenvalue weighted by molar-refractivity contribution is -0.359. The minimum atomic E-state index is -1.78. The van der Waals surface area contributed by atoms with Gasteiger partial charge in [-0.05, 0) is 12.8 Å². The molecule has 2 aliphatic heterocycles. The van der Waals surface area contributed by atoms with E-state index in [4.69, 9.17) is 18.9 Å². The zero-order chi connectivity index (χ0) is 41.8. The van der Waals surface area contributed by atoms with E-state index in [1.165, 1.54) is 103 Å². The van der Waals surface area contributed by atoms with E-state index in [2.05, 4.69) is 12.2 Å². The number of rotatable bonds is 33. The monoisotopic (exact) mass is 820 g/mol. The molecule has 12 unspecified atom stereocenters. The molecule has 0 aromatic carbocycles. The van der Waals surface area contributed by atoms with Crippen LogP contribution in [0.2, 0.25) is 0 Å². The predicted molar refractivity (Wildman–Crippen MR) is 217 cm³/mol. The first-order valence-electron chi connectivity index (χ1n) is 22.4. The van der Waals surface area contributed by atoms with Gasteiger partial charge < -0.3 is 65.1 Å². The summed E-state index contributed by atoms with van der Waals surface area (Å²) < 4.78 is 22.4. The van der Waals surface area contributed by atoms with Gasteiger partial charge in [-0.3, -0.25) is 4.79 Å². The molecule has 14 nitrogen and oxygen atoms in total. The largest absolute Gasteiger partial charge is 0.394 e. The van der Waals surface area contributed by atoms with E-state index in [0.29, 0.717) is 6.42 Å². The Balaban J connectivity index is 1.69. The summed E-state index contributed by atoms with van der Waals surface area (Å²) in [5, 5.41) is 85.6. The van der Waals surface area contributed by atoms with Crippen molar-refractivity contribution in [2.75, 3.05) is 19.8 Å². The Hall–Kier alpha value is -1.27. The Labute approximate surface area is 342 Å². The van der Waals surface area contributed by atoms with Crippen LogP contribution in [0.1, 0.15) is 162 Å². The number of allylic oxidation sites excluding steroid dienone is 1. The number of carbonyl (C=O) groups is 1. The zero-order valence-corrected chi connectivity index (χ0v) is 35.1. The van der Waals surface area contributed by atoms with E-state index in [0.717, 1.165) is 32.1 Å². The molecule has 2 aliphatic rings. The molecule has 2 rings (SSSR count). The third-order valence-corrected chi connectivity index (χ3v) is 11.2. The van der Waals surface area contributed by atoms with Gasteiger partial charge in [0.2, 0.25) is 5.91 Å². The van der Waals surface area contributed by atoms with E-state index >= 15 is 0 Å². The third kappa shape index (κ3) is 20.2. The maximum Gasteiger partial charge on any atom is 0.220 e. The maximum absolute atomic E-state index is 12.9. The van der Waals surface area contributed by atoms with Crippen molar-refractivity contribution in [3.05, 3.63) is 12.2 Å². The lowest BCUT2D eigenvalue weighted by Crippen LogP contribution is -2.65. The highest BCUT2D eigenvalue weighted by Crippen LogP contribution is 2.30. The Kier molecular flexibility index (Phi) is 28.7. The van der Waals surface area contributed by atoms with Gasteiger partial charge in [0.15, 0.2) is 12.6 Å². The smallest absolute Gasteiger partial charge is 0.220 e. The van der Waals surface area contributed by atoms with E-state index in [-0.39, 0.29) is 18.9 Å². The molecule has 336 valence electrons. The Morgan fingerprint density at radius 3 is 1.58 bits per heavy atom. The molecule has 1 amide bonds. The van der Waals surface area contributed by atoms with Crippen molar-refractivity contribution in [2.45, 2.75) is 235 Å². The first-order valence-corrected chi connectivity index (χ1v) is 22.4. The van der Waals surface area contributed by atoms with Crippen LogP contribution in [0.4, 0.5) is 0 Å². The second kappa shape index (κ2) is 31.6. The van der Waals surface area contributed by atoms with Crippen molar-refractivity contribution in [1.29, 1.82) is 0 Å². The van der Waals surface area contributed by atoms with Crippen LogP contribution in [0.3, 0.4) is 0 Å². The molecule has 0 spiro atoms. The number of ether oxygens (including phenoxy) is 4. The van der Waals surface area contributed by atoms with Gasteiger partial charge in [-0.15, -0.1) is 0 Å². The average Bonchev–Trinajstić information content (AvgIpc) is 3.20. The van der Waals surface area contributed by atoms with Gasteiger partial charge in [-0.25, -0.2) is 0 Å². The van der Waals surface area contributed by atoms with Crippen LogP contribution < -0.4 is 5.32 Å². The molecule has 0 aliphatic carbocycles. The number of unbranched alkanes of at least 4 members (excludes halogenated alkanes) is 20. The maximum atomic E-state index is 12.9. The summed E-state index contributed by atoms with van der Waals surface area (Å²) in [6.07, 6.45) is 13.8. The molecule has 0 aromatic rings. The fourth-order valence-corrected chi connectivity index (χ4v) is 7.47. The van der Waals surface area contributed by atoms with Crippen LogP contribution in [-0.4, -0.2) is 140 Å². The molecule has 0 aromatic heterocycles. The van der Waals surface area contributed by atoms with Gasteiger partial charge in [-0.1, -0.05) is 154 Å². The van der Waals surface area contributed by atoms with Crippen molar-refractivity contribution in [2.24, 2.45) is 0 Å². The number of nitrogens with one attached hydrogen (secondary N) is 1. The lowest BCUT2D eigenvalue weighted by atomic mass is 9.97. The van der Waals surface area contributed by atoms with Crippen LogP contribution in [0.5, 0.6) is 0 Å². The van der Waals surface area contributed by atoms with Crippen LogP contribution in [0, 0.1) is 0 Å². The second-order valence-electron chi connectivity index (χ2n) is 16.2. The van der Waals surface area contributed by atoms with E-state index in [1.807, 2.05) is 6.92 Å². The summed E-state index contributed by atoms with van der Waals surface area (Å²) in [6, 6.07) is -0.903. The SMILES string of the molecule is CCC/C=C/C(O)C(COC1OC(CO)C(OC2OC(CO)C(O)C(O)C2O)C(O)C1O)NC(=O)CCCCCCCCCCCCCCCCCCCCCC. The average molecular weight is 820 g/mol. The molecule has 2 fully saturated rings. The summed E-state index contributed by atoms with van der Waals surface area (Å²) in [5.41, 5.74) is 0. The van der Waals surface area contributed by atoms with Gasteiger partial charge in [0.1, 0.15) is 48.8 Å². The Bertz CT molecular complexity index is 1020. The lowest BCUT2D eigenvalue weighted by Gasteiger charge is -2.46. The predicted octanol–water partition coefficient (Wildman–Crippen LogP) is 4.04. The first-order chi connectivity index (χ1) is 27.6. The summed E-state index contributed by atoms with van der Waals surface area (Å²) in [6.45, 7) is 2.55. The van der Waals surface area contributed by atoms with Crippen LogP contribution in [-0.2, 0) is 23.7 Å². The molecule has 2 saturated heterocycles. The second-order valence-corrected chi connectivity index (χ2v) is 16.2. The molecule has 9 N–H and O–H groups in total. The Morgan fingerprint density at radius 2 is 1.09 bits per heavy atom. The number of aliphatic hydroxyl groups is 8. The summed E-state index contributed by atoms with van der Waals surface area (Å²) in [7, 11) is 0. The zero-order valence-electron chi connectivity index (χ0n) is 35.1. The fourth-order valence-electron chi connectivity index (χ4n) is 7.47. The molecule has 2 heterocycles. The summed E-state index contributed by atoms with van der Waals surface area (Å²) in [5.74, 6) is -0.250. The van der Waals surface area contributed by atoms with E-state index < -0.39 is 86.8 Å². The molecule has 0 bridgehead atoms. The van der Waals surface area contributed by atoms with E-state index in [9.17, 15) is 45.6 Å². The molecule has 0 radical (unpaired) electrons. The number of carbonyl (C=O) groups excluding carboxylic acids is 1. The minimum Gasteiger partial charge on any atom is -0.394 e. The quantitative estimate of drug-likeness (QED) is 0.0337. The van der Waals surface area contributed by atoms with Crippen molar-refractivity contribution >= 4 is 5.91 Å². The van der Waals surface area contributed by atoms with Gasteiger partial charge in [0.05, 0.1) is 32.0 Å². The van der Waals surface area contributed by atoms with Crippen molar-refractivity contribution in [3.63, 3.8) is 0 Å². The van der Waals surface area contributed by atoms with Gasteiger partial charge in [0.25, 0.3) is 0 Å². The van der Waals surface area contributed by atoms with Gasteiger partial charge in [0, 0.05) is 6.42 Å². The highest BCUT2D eigenvalue weighted by molar-refractivity contribution is 5.76.